The van der Waals surface area contributed by atoms with Gasteiger partial charge in [0.15, 0.2) is 11.0 Å². The molecule has 0 aliphatic carbocycles. The van der Waals surface area contributed by atoms with Crippen LogP contribution in [0.3, 0.4) is 0 Å². The molecule has 0 unspecified atom stereocenters. The number of benzene rings is 2. The largest absolute Gasteiger partial charge is 0.345 e. The number of hydrogen-bond acceptors (Lipinski definition) is 9. The van der Waals surface area contributed by atoms with Gasteiger partial charge < -0.3 is 9.88 Å². The number of hydrazone groups is 1. The Hall–Kier alpha value is -3.85. The molecule has 1 atom stereocenters. The summed E-state index contributed by atoms with van der Waals surface area (Å²) in [6.45, 7) is 3.19. The van der Waals surface area contributed by atoms with Crippen molar-refractivity contribution in [3.05, 3.63) is 93.4 Å². The third-order valence-electron chi connectivity index (χ3n) is 7.91. The van der Waals surface area contributed by atoms with E-state index >= 15 is 0 Å². The van der Waals surface area contributed by atoms with E-state index in [1.54, 1.807) is 28.0 Å². The molecule has 234 valence electrons. The van der Waals surface area contributed by atoms with Gasteiger partial charge >= 0.3 is 0 Å². The molecule has 4 aromatic rings. The van der Waals surface area contributed by atoms with Crippen molar-refractivity contribution in [1.82, 2.24) is 29.4 Å². The fraction of sp³-hybridized carbons (Fsp3) is 0.323. The molecule has 1 saturated heterocycles. The molecule has 0 radical (unpaired) electrons. The van der Waals surface area contributed by atoms with Crippen LogP contribution >= 0.6 is 23.1 Å². The summed E-state index contributed by atoms with van der Waals surface area (Å²) >= 11 is 2.87. The quantitative estimate of drug-likeness (QED) is 0.250. The Morgan fingerprint density at radius 3 is 2.44 bits per heavy atom. The third kappa shape index (κ3) is 6.73. The van der Waals surface area contributed by atoms with Gasteiger partial charge in [0.1, 0.15) is 0 Å². The molecule has 4 heterocycles. The highest BCUT2D eigenvalue weighted by Crippen LogP contribution is 2.34. The molecule has 0 bridgehead atoms. The maximum Gasteiger partial charge on any atom is 0.253 e. The van der Waals surface area contributed by atoms with Gasteiger partial charge in [0.05, 0.1) is 33.8 Å². The van der Waals surface area contributed by atoms with Gasteiger partial charge in [-0.3, -0.25) is 9.59 Å². The van der Waals surface area contributed by atoms with Crippen molar-refractivity contribution in [2.45, 2.75) is 48.8 Å². The summed E-state index contributed by atoms with van der Waals surface area (Å²) < 4.78 is 28.8. The number of thioether (sulfide) groups is 1. The summed E-state index contributed by atoms with van der Waals surface area (Å²) in [5, 5.41) is 20.1. The maximum atomic E-state index is 13.5. The molecule has 2 aliphatic heterocycles. The molecule has 2 aromatic heterocycles. The summed E-state index contributed by atoms with van der Waals surface area (Å²) in [4.78, 5) is 27.5. The number of rotatable bonds is 10. The fourth-order valence-corrected chi connectivity index (χ4v) is 8.33. The minimum absolute atomic E-state index is 0.112. The molecule has 2 amide bonds. The maximum absolute atomic E-state index is 13.5. The van der Waals surface area contributed by atoms with Crippen molar-refractivity contribution in [2.24, 2.45) is 12.1 Å². The van der Waals surface area contributed by atoms with E-state index in [-0.39, 0.29) is 35.0 Å². The first-order chi connectivity index (χ1) is 21.7. The summed E-state index contributed by atoms with van der Waals surface area (Å²) in [5.74, 6) is 0.144. The van der Waals surface area contributed by atoms with Gasteiger partial charge in [0, 0.05) is 32.1 Å². The summed E-state index contributed by atoms with van der Waals surface area (Å²) in [5.41, 5.74) is 3.43. The lowest BCUT2D eigenvalue weighted by Gasteiger charge is -2.22. The molecule has 45 heavy (non-hydrogen) atoms. The summed E-state index contributed by atoms with van der Waals surface area (Å²) in [6.07, 6.45) is 2.36. The topological polar surface area (TPSA) is 130 Å². The number of aryl methyl sites for hydroxylation is 1. The number of amides is 2. The van der Waals surface area contributed by atoms with E-state index in [0.29, 0.717) is 36.1 Å². The van der Waals surface area contributed by atoms with E-state index in [9.17, 15) is 18.0 Å². The number of thiophene rings is 1. The van der Waals surface area contributed by atoms with E-state index in [4.69, 9.17) is 5.10 Å². The van der Waals surface area contributed by atoms with Crippen LogP contribution in [0.4, 0.5) is 0 Å². The van der Waals surface area contributed by atoms with Crippen LogP contribution < -0.4 is 5.32 Å². The number of nitrogens with zero attached hydrogens (tertiary/aromatic N) is 6. The molecule has 1 N–H and O–H groups in total. The zero-order chi connectivity index (χ0) is 31.6. The first-order valence-electron chi connectivity index (χ1n) is 14.6. The number of aromatic nitrogens is 3. The highest BCUT2D eigenvalue weighted by molar-refractivity contribution is 7.99. The van der Waals surface area contributed by atoms with E-state index in [1.807, 2.05) is 36.6 Å². The first kappa shape index (κ1) is 31.1. The van der Waals surface area contributed by atoms with Crippen molar-refractivity contribution in [3.63, 3.8) is 0 Å². The van der Waals surface area contributed by atoms with Gasteiger partial charge in [-0.1, -0.05) is 47.7 Å². The van der Waals surface area contributed by atoms with Crippen molar-refractivity contribution in [2.75, 3.05) is 18.8 Å². The highest BCUT2D eigenvalue weighted by Gasteiger charge is 2.33. The average Bonchev–Trinajstić information content (AvgIpc) is 3.87. The molecule has 0 spiro atoms. The van der Waals surface area contributed by atoms with Gasteiger partial charge in [-0.05, 0) is 61.0 Å². The Kier molecular flexibility index (Phi) is 9.17. The number of hydrogen-bond donors (Lipinski definition) is 1. The molecule has 0 saturated carbocycles. The molecular weight excluding hydrogens is 631 g/mol. The van der Waals surface area contributed by atoms with Crippen LogP contribution in [0.1, 0.15) is 57.5 Å². The van der Waals surface area contributed by atoms with E-state index in [0.717, 1.165) is 34.6 Å². The smallest absolute Gasteiger partial charge is 0.253 e. The monoisotopic (exact) mass is 663 g/mol. The zero-order valence-corrected chi connectivity index (χ0v) is 27.4. The minimum Gasteiger partial charge on any atom is -0.345 e. The Labute approximate surface area is 270 Å². The predicted octanol–water partition coefficient (Wildman–Crippen LogP) is 4.37. The standard InChI is InChI=1S/C31H33N7O4S3/c1-21-7-9-22(10-8-21)26-18-25(27-6-5-17-43-27)35-38(26)29(39)20-44-31-34-33-28(36(31)2)19-32-30(40)23-11-13-24(14-12-23)45(41,42)37-15-3-4-16-37/h5-14,17,26H,3-4,15-16,18-20H2,1-2H3,(H,32,40)/t26-/m0/s1. The van der Waals surface area contributed by atoms with E-state index in [1.165, 1.54) is 40.3 Å². The van der Waals surface area contributed by atoms with Crippen LogP contribution in [0.15, 0.2) is 81.2 Å². The SMILES string of the molecule is Cc1ccc([C@@H]2CC(c3cccs3)=NN2C(=O)CSc2nnc(CNC(=O)c3ccc(S(=O)(=O)N4CCCC4)cc3)n2C)cc1. The van der Waals surface area contributed by atoms with Gasteiger partial charge in [0.25, 0.3) is 11.8 Å². The minimum atomic E-state index is -3.54. The lowest BCUT2D eigenvalue weighted by atomic mass is 10.00. The third-order valence-corrected chi connectivity index (χ3v) is 11.7. The Balaban J connectivity index is 1.07. The Bertz CT molecular complexity index is 1810. The predicted molar refractivity (Wildman–Crippen MR) is 174 cm³/mol. The number of carbonyl (C=O) groups is 2. The molecule has 1 fully saturated rings. The zero-order valence-electron chi connectivity index (χ0n) is 24.9. The van der Waals surface area contributed by atoms with Crippen LogP contribution in [0.2, 0.25) is 0 Å². The van der Waals surface area contributed by atoms with Gasteiger partial charge in [-0.15, -0.1) is 21.5 Å². The second-order valence-electron chi connectivity index (χ2n) is 11.0. The number of sulfonamides is 1. The van der Waals surface area contributed by atoms with Gasteiger partial charge in [-0.2, -0.15) is 9.41 Å². The molecule has 6 rings (SSSR count). The van der Waals surface area contributed by atoms with Gasteiger partial charge in [0.2, 0.25) is 10.0 Å². The van der Waals surface area contributed by atoms with E-state index in [2.05, 4.69) is 27.6 Å². The van der Waals surface area contributed by atoms with Crippen molar-refractivity contribution in [1.29, 1.82) is 0 Å². The van der Waals surface area contributed by atoms with Crippen LogP contribution in [0, 0.1) is 6.92 Å². The van der Waals surface area contributed by atoms with Crippen molar-refractivity contribution in [3.8, 4) is 0 Å². The summed E-state index contributed by atoms with van der Waals surface area (Å²) in [7, 11) is -1.76. The lowest BCUT2D eigenvalue weighted by Crippen LogP contribution is -2.28. The van der Waals surface area contributed by atoms with Gasteiger partial charge in [-0.25, -0.2) is 13.4 Å². The molecule has 2 aliphatic rings. The molecule has 11 nitrogen and oxygen atoms in total. The van der Waals surface area contributed by atoms with Crippen LogP contribution in [0.5, 0.6) is 0 Å². The van der Waals surface area contributed by atoms with Crippen LogP contribution in [0.25, 0.3) is 0 Å². The van der Waals surface area contributed by atoms with Crippen molar-refractivity contribution < 1.29 is 18.0 Å². The second kappa shape index (κ2) is 13.3. The molecule has 2 aromatic carbocycles. The first-order valence-corrected chi connectivity index (χ1v) is 17.9. The molecular formula is C31H33N7O4S3. The number of nitrogens with one attached hydrogen (secondary N) is 1. The summed E-state index contributed by atoms with van der Waals surface area (Å²) in [6, 6.07) is 18.0. The van der Waals surface area contributed by atoms with E-state index < -0.39 is 10.0 Å². The van der Waals surface area contributed by atoms with Crippen LogP contribution in [-0.4, -0.2) is 68.9 Å². The Morgan fingerprint density at radius 2 is 1.76 bits per heavy atom. The van der Waals surface area contributed by atoms with Crippen molar-refractivity contribution >= 4 is 50.6 Å². The number of carbonyl (C=O) groups excluding carboxylic acids is 2. The average molecular weight is 664 g/mol. The van der Waals surface area contributed by atoms with Crippen LogP contribution in [-0.2, 0) is 28.4 Å². The highest BCUT2D eigenvalue weighted by atomic mass is 32.2. The Morgan fingerprint density at radius 1 is 1.02 bits per heavy atom. The molecule has 14 heteroatoms. The second-order valence-corrected chi connectivity index (χ2v) is 14.8. The normalized spacial score (nSPS) is 17.1. The lowest BCUT2D eigenvalue weighted by molar-refractivity contribution is -0.130. The fourth-order valence-electron chi connectivity index (χ4n) is 5.31.